The minimum Gasteiger partial charge on any atom is -0.403 e. The molecule has 2 amide bonds. The normalized spacial score (nSPS) is 17.3. The second kappa shape index (κ2) is 13.3. The number of rotatable bonds is 7. The SMILES string of the molecule is CCn1cc(NC(=O)Nc2nnc(-c3cn(C4CC4)c4cc(N5CCN(C)CC5)c(F)cc4c3=O)o2)c(=O)c2cc(F)c(N3CCN(C)CC3)nc21. The van der Waals surface area contributed by atoms with E-state index in [0.717, 1.165) is 45.1 Å². The number of aromatic nitrogens is 5. The molecule has 6 heterocycles. The largest absolute Gasteiger partial charge is 0.403 e. The first kappa shape index (κ1) is 33.7. The van der Waals surface area contributed by atoms with Crippen LogP contribution < -0.4 is 31.3 Å². The number of fused-ring (bicyclic) bond motifs is 2. The molecular formula is C35H39F2N11O4. The number of carbonyl (C=O) groups is 1. The van der Waals surface area contributed by atoms with Crippen LogP contribution in [0.25, 0.3) is 33.4 Å². The van der Waals surface area contributed by atoms with Gasteiger partial charge in [0.1, 0.15) is 22.7 Å². The third-order valence-electron chi connectivity index (χ3n) is 10.1. The van der Waals surface area contributed by atoms with Crippen molar-refractivity contribution >= 4 is 51.2 Å². The van der Waals surface area contributed by atoms with Crippen molar-refractivity contribution in [1.29, 1.82) is 0 Å². The summed E-state index contributed by atoms with van der Waals surface area (Å²) in [5.41, 5.74) is 0.255. The number of aryl methyl sites for hydroxylation is 1. The smallest absolute Gasteiger partial charge is 0.327 e. The zero-order valence-corrected chi connectivity index (χ0v) is 29.2. The van der Waals surface area contributed by atoms with E-state index in [9.17, 15) is 14.4 Å². The lowest BCUT2D eigenvalue weighted by Crippen LogP contribution is -2.45. The summed E-state index contributed by atoms with van der Waals surface area (Å²) in [6.45, 7) is 7.96. The molecule has 0 bridgehead atoms. The van der Waals surface area contributed by atoms with Gasteiger partial charge in [0.05, 0.1) is 16.6 Å². The van der Waals surface area contributed by atoms with Gasteiger partial charge in [-0.1, -0.05) is 5.10 Å². The van der Waals surface area contributed by atoms with Gasteiger partial charge < -0.3 is 38.5 Å². The van der Waals surface area contributed by atoms with Crippen LogP contribution in [0, 0.1) is 11.6 Å². The molecule has 3 fully saturated rings. The number of urea groups is 1. The number of amides is 2. The van der Waals surface area contributed by atoms with E-state index >= 15 is 8.78 Å². The van der Waals surface area contributed by atoms with Crippen molar-refractivity contribution in [3.05, 3.63) is 62.7 Å². The van der Waals surface area contributed by atoms with Gasteiger partial charge in [-0.15, -0.1) is 5.10 Å². The van der Waals surface area contributed by atoms with Gasteiger partial charge in [0.15, 0.2) is 11.6 Å². The summed E-state index contributed by atoms with van der Waals surface area (Å²) in [5.74, 6) is -1.08. The number of nitrogens with one attached hydrogen (secondary N) is 2. The first-order chi connectivity index (χ1) is 25.1. The van der Waals surface area contributed by atoms with Crippen LogP contribution in [0.4, 0.5) is 36.8 Å². The van der Waals surface area contributed by atoms with Crippen molar-refractivity contribution in [2.75, 3.05) is 86.9 Å². The second-order valence-corrected chi connectivity index (χ2v) is 13.7. The molecule has 0 atom stereocenters. The predicted octanol–water partition coefficient (Wildman–Crippen LogP) is 3.54. The Morgan fingerprint density at radius 1 is 0.846 bits per heavy atom. The Kier molecular flexibility index (Phi) is 8.61. The van der Waals surface area contributed by atoms with Crippen molar-refractivity contribution in [2.45, 2.75) is 32.4 Å². The molecule has 8 rings (SSSR count). The Morgan fingerprint density at radius 3 is 2.19 bits per heavy atom. The molecule has 52 heavy (non-hydrogen) atoms. The summed E-state index contributed by atoms with van der Waals surface area (Å²) >= 11 is 0. The molecule has 15 nitrogen and oxygen atoms in total. The van der Waals surface area contributed by atoms with Gasteiger partial charge in [0.25, 0.3) is 5.89 Å². The number of anilines is 4. The highest BCUT2D eigenvalue weighted by Crippen LogP contribution is 2.39. The number of benzene rings is 1. The molecule has 0 unspecified atom stereocenters. The fourth-order valence-corrected chi connectivity index (χ4v) is 6.94. The van der Waals surface area contributed by atoms with Crippen molar-refractivity contribution in [2.24, 2.45) is 0 Å². The van der Waals surface area contributed by atoms with Crippen LogP contribution >= 0.6 is 0 Å². The van der Waals surface area contributed by atoms with E-state index in [-0.39, 0.29) is 45.8 Å². The number of hydrogen-bond donors (Lipinski definition) is 2. The van der Waals surface area contributed by atoms with Crippen LogP contribution in [-0.4, -0.2) is 107 Å². The van der Waals surface area contributed by atoms with Gasteiger partial charge in [0, 0.05) is 82.7 Å². The minimum atomic E-state index is -0.871. The van der Waals surface area contributed by atoms with Gasteiger partial charge in [-0.2, -0.15) is 0 Å². The number of halogens is 2. The van der Waals surface area contributed by atoms with Crippen molar-refractivity contribution < 1.29 is 18.0 Å². The van der Waals surface area contributed by atoms with E-state index in [2.05, 4.69) is 35.6 Å². The van der Waals surface area contributed by atoms with Gasteiger partial charge in [-0.05, 0) is 52.1 Å². The number of hydrogen-bond acceptors (Lipinski definition) is 11. The Labute approximate surface area is 296 Å². The standard InChI is InChI=1S/C35H39F2N11O4/c1-4-45-19-26(30(50)22-16-25(37)32(39-31(22)45)47-13-9-44(3)10-14-47)38-34(51)40-35-42-41-33(52-35)23-18-48(20-5-6-20)27-17-28(24(36)15-21(27)29(23)49)46-11-7-43(2)8-12-46/h15-20H,4-14H2,1-3H3,(H2,38,40,42,51). The predicted molar refractivity (Wildman–Crippen MR) is 193 cm³/mol. The molecule has 1 aliphatic carbocycles. The van der Waals surface area contributed by atoms with E-state index < -0.39 is 28.5 Å². The summed E-state index contributed by atoms with van der Waals surface area (Å²) < 4.78 is 40.2. The Morgan fingerprint density at radius 2 is 1.52 bits per heavy atom. The molecular weight excluding hydrogens is 676 g/mol. The molecule has 1 aromatic carbocycles. The van der Waals surface area contributed by atoms with Crippen LogP contribution in [-0.2, 0) is 6.54 Å². The maximum Gasteiger partial charge on any atom is 0.327 e. The topological polar surface area (TPSA) is 150 Å². The van der Waals surface area contributed by atoms with Gasteiger partial charge in [-0.25, -0.2) is 18.6 Å². The fraction of sp³-hybridized carbons (Fsp3) is 0.429. The Bertz CT molecular complexity index is 2320. The first-order valence-corrected chi connectivity index (χ1v) is 17.5. The molecule has 1 saturated carbocycles. The van der Waals surface area contributed by atoms with E-state index in [1.54, 1.807) is 16.8 Å². The van der Waals surface area contributed by atoms with Gasteiger partial charge in [-0.3, -0.25) is 14.9 Å². The third kappa shape index (κ3) is 6.23. The summed E-state index contributed by atoms with van der Waals surface area (Å²) in [7, 11) is 4.03. The molecule has 2 saturated heterocycles. The third-order valence-corrected chi connectivity index (χ3v) is 10.1. The maximum absolute atomic E-state index is 15.5. The molecule has 0 spiro atoms. The first-order valence-electron chi connectivity index (χ1n) is 17.5. The van der Waals surface area contributed by atoms with E-state index in [1.807, 2.05) is 35.4 Å². The lowest BCUT2D eigenvalue weighted by molar-refractivity contribution is 0.261. The summed E-state index contributed by atoms with van der Waals surface area (Å²) in [4.78, 5) is 53.0. The quantitative estimate of drug-likeness (QED) is 0.255. The van der Waals surface area contributed by atoms with Crippen molar-refractivity contribution in [3.63, 3.8) is 0 Å². The number of carbonyl (C=O) groups excluding carboxylic acids is 1. The summed E-state index contributed by atoms with van der Waals surface area (Å²) in [6, 6.07) is 3.12. The average Bonchev–Trinajstić information content (AvgIpc) is 3.88. The lowest BCUT2D eigenvalue weighted by atomic mass is 10.1. The zero-order chi connectivity index (χ0) is 36.3. The molecule has 4 aromatic heterocycles. The maximum atomic E-state index is 15.5. The number of nitrogens with zero attached hydrogens (tertiary/aromatic N) is 9. The highest BCUT2D eigenvalue weighted by atomic mass is 19.1. The Hall–Kier alpha value is -5.42. The number of likely N-dealkylation sites (N-methyl/N-ethyl adjacent to an activating group) is 2. The van der Waals surface area contributed by atoms with Crippen molar-refractivity contribution in [1.82, 2.24) is 34.1 Å². The fourth-order valence-electron chi connectivity index (χ4n) is 6.94. The molecule has 2 aliphatic heterocycles. The van der Waals surface area contributed by atoms with E-state index in [4.69, 9.17) is 4.42 Å². The minimum absolute atomic E-state index is 0.0189. The second-order valence-electron chi connectivity index (χ2n) is 13.7. The van der Waals surface area contributed by atoms with Crippen LogP contribution in [0.15, 0.2) is 44.6 Å². The molecule has 3 aliphatic rings. The van der Waals surface area contributed by atoms with Crippen LogP contribution in [0.2, 0.25) is 0 Å². The molecule has 0 radical (unpaired) electrons. The highest BCUT2D eigenvalue weighted by molar-refractivity contribution is 5.99. The van der Waals surface area contributed by atoms with Crippen LogP contribution in [0.5, 0.6) is 0 Å². The monoisotopic (exact) mass is 715 g/mol. The number of pyridine rings is 3. The van der Waals surface area contributed by atoms with Gasteiger partial charge >= 0.3 is 12.0 Å². The number of piperazine rings is 2. The van der Waals surface area contributed by atoms with Crippen molar-refractivity contribution in [3.8, 4) is 11.5 Å². The lowest BCUT2D eigenvalue weighted by Gasteiger charge is -2.34. The zero-order valence-electron chi connectivity index (χ0n) is 29.2. The molecule has 5 aromatic rings. The molecule has 2 N–H and O–H groups in total. The molecule has 272 valence electrons. The highest BCUT2D eigenvalue weighted by Gasteiger charge is 2.29. The molecule has 17 heteroatoms. The van der Waals surface area contributed by atoms with E-state index in [0.29, 0.717) is 49.6 Å². The van der Waals surface area contributed by atoms with Crippen LogP contribution in [0.3, 0.4) is 0 Å². The average molecular weight is 716 g/mol. The van der Waals surface area contributed by atoms with Crippen LogP contribution in [0.1, 0.15) is 25.8 Å². The van der Waals surface area contributed by atoms with E-state index in [1.165, 1.54) is 12.3 Å². The Balaban J connectivity index is 1.04. The summed E-state index contributed by atoms with van der Waals surface area (Å²) in [6.07, 6.45) is 4.91. The summed E-state index contributed by atoms with van der Waals surface area (Å²) in [5, 5.41) is 13.0. The van der Waals surface area contributed by atoms with Gasteiger partial charge in [0.2, 0.25) is 10.9 Å².